The fourth-order valence-corrected chi connectivity index (χ4v) is 11.0. The van der Waals surface area contributed by atoms with Crippen LogP contribution in [-0.4, -0.2) is 93.2 Å². The average molecular weight is 990 g/mol. The number of thiazole rings is 1. The second kappa shape index (κ2) is 23.2. The molecule has 3 aliphatic heterocycles. The van der Waals surface area contributed by atoms with Crippen LogP contribution < -0.4 is 27.0 Å². The number of nitrogens with one attached hydrogen (secondary N) is 2. The molecule has 71 heavy (non-hydrogen) atoms. The van der Waals surface area contributed by atoms with Gasteiger partial charge < -0.3 is 36.8 Å². The van der Waals surface area contributed by atoms with E-state index >= 15 is 0 Å². The lowest BCUT2D eigenvalue weighted by atomic mass is 9.76. The molecular weight excluding hydrogens is 919 g/mol. The second-order valence-electron chi connectivity index (χ2n) is 20.8. The van der Waals surface area contributed by atoms with Crippen LogP contribution in [-0.2, 0) is 59.4 Å². The van der Waals surface area contributed by atoms with E-state index in [9.17, 15) is 33.9 Å². The minimum Gasteiger partial charge on any atom is -0.391 e. The molecule has 1 saturated heterocycles. The van der Waals surface area contributed by atoms with Crippen molar-refractivity contribution >= 4 is 52.3 Å². The number of aliphatic hydroxyl groups excluding tert-OH is 1. The lowest BCUT2D eigenvalue weighted by Crippen LogP contribution is -2.55. The van der Waals surface area contributed by atoms with Crippen molar-refractivity contribution in [3.05, 3.63) is 106 Å². The van der Waals surface area contributed by atoms with Gasteiger partial charge >= 0.3 is 0 Å². The molecule has 0 aliphatic carbocycles. The van der Waals surface area contributed by atoms with Gasteiger partial charge in [0.05, 0.1) is 58.7 Å². The van der Waals surface area contributed by atoms with E-state index in [1.54, 1.807) is 16.2 Å². The molecule has 4 aromatic rings. The first-order chi connectivity index (χ1) is 33.8. The Morgan fingerprint density at radius 2 is 1.61 bits per heavy atom. The Kier molecular flexibility index (Phi) is 17.3. The lowest BCUT2D eigenvalue weighted by molar-refractivity contribution is -0.146. The number of rotatable bonds is 21. The zero-order valence-electron chi connectivity index (χ0n) is 41.9. The summed E-state index contributed by atoms with van der Waals surface area (Å²) in [6.45, 7) is 11.8. The first-order valence-corrected chi connectivity index (χ1v) is 26.0. The zero-order valence-corrected chi connectivity index (χ0v) is 42.8. The van der Waals surface area contributed by atoms with Crippen molar-refractivity contribution in [1.29, 1.82) is 0 Å². The van der Waals surface area contributed by atoms with Crippen molar-refractivity contribution in [2.24, 2.45) is 22.8 Å². The van der Waals surface area contributed by atoms with Crippen molar-refractivity contribution in [3.8, 4) is 10.4 Å². The van der Waals surface area contributed by atoms with E-state index in [2.05, 4.69) is 15.6 Å². The number of β-amino-alcohol motifs (C(OH)–C–C–N with tert-alkyl or cyclic N) is 1. The molecule has 3 aromatic carbocycles. The molecule has 1 aromatic heterocycles. The Bertz CT molecular complexity index is 2560. The highest BCUT2D eigenvalue weighted by atomic mass is 32.1. The summed E-state index contributed by atoms with van der Waals surface area (Å²) in [5, 5.41) is 16.9. The Morgan fingerprint density at radius 3 is 2.28 bits per heavy atom. The van der Waals surface area contributed by atoms with Gasteiger partial charge in [0.2, 0.25) is 29.5 Å². The summed E-state index contributed by atoms with van der Waals surface area (Å²) in [6, 6.07) is 18.7. The number of Topliss-reactive ketones (excluding diaryl/α,β-unsaturated/α-hetero) is 1. The molecule has 4 heterocycles. The number of para-hydroxylation sites is 1. The van der Waals surface area contributed by atoms with Gasteiger partial charge in [0.1, 0.15) is 17.9 Å². The summed E-state index contributed by atoms with van der Waals surface area (Å²) < 4.78 is 6.26. The number of ether oxygens (including phenoxy) is 1. The zero-order chi connectivity index (χ0) is 51.1. The fourth-order valence-electron chi connectivity index (χ4n) is 10.2. The number of aliphatic hydroxyl groups is 1. The monoisotopic (exact) mass is 990 g/mol. The summed E-state index contributed by atoms with van der Waals surface area (Å²) in [4.78, 5) is 89.1. The number of hydrogen-bond acceptors (Lipinski definition) is 11. The van der Waals surface area contributed by atoms with Gasteiger partial charge in [0.25, 0.3) is 0 Å². The van der Waals surface area contributed by atoms with E-state index in [4.69, 9.17) is 16.2 Å². The third kappa shape index (κ3) is 13.0. The maximum atomic E-state index is 14.2. The SMILES string of the molecule is Cc1ncsc1-c1ccc([C@H](C)NC(=O)[C@@H]2C[C@@H](O)CN2C(=O)[C@@H](CC(=O)CCCCc2ccc(CO[C@H](C)[C@H](CCC(N)=O)NC(=O)[C@@H]3Cc4cccc5c4N3C(=O)[C@@H](N)CC5)cc2)C(C)(C)C)cc1. The second-order valence-corrected chi connectivity index (χ2v) is 21.7. The summed E-state index contributed by atoms with van der Waals surface area (Å²) in [6.07, 6.45) is 3.17. The van der Waals surface area contributed by atoms with Crippen molar-refractivity contribution in [2.75, 3.05) is 11.4 Å². The average Bonchev–Trinajstić information content (AvgIpc) is 4.05. The van der Waals surface area contributed by atoms with Crippen molar-refractivity contribution in [2.45, 2.75) is 161 Å². The summed E-state index contributed by atoms with van der Waals surface area (Å²) in [5.41, 5.74) is 20.7. The number of unbranched alkanes of at least 4 members (excludes halogenated alkanes) is 1. The summed E-state index contributed by atoms with van der Waals surface area (Å²) in [5.74, 6) is -2.41. The molecule has 3 aliphatic rings. The Balaban J connectivity index is 0.867. The predicted molar refractivity (Wildman–Crippen MR) is 274 cm³/mol. The summed E-state index contributed by atoms with van der Waals surface area (Å²) in [7, 11) is 0. The number of nitrogens with two attached hydrogens (primary N) is 2. The van der Waals surface area contributed by atoms with Gasteiger partial charge in [-0.25, -0.2) is 4.98 Å². The maximum Gasteiger partial charge on any atom is 0.244 e. The largest absolute Gasteiger partial charge is 0.391 e. The number of aromatic nitrogens is 1. The summed E-state index contributed by atoms with van der Waals surface area (Å²) >= 11 is 1.58. The number of nitrogens with zero attached hydrogens (tertiary/aromatic N) is 3. The highest BCUT2D eigenvalue weighted by molar-refractivity contribution is 7.13. The van der Waals surface area contributed by atoms with Crippen LogP contribution in [0.1, 0.15) is 126 Å². The van der Waals surface area contributed by atoms with E-state index in [1.807, 2.05) is 114 Å². The number of likely N-dealkylation sites (tertiary alicyclic amines) is 1. The molecule has 8 atom stereocenters. The normalized spacial score (nSPS) is 20.4. The number of aryl methyl sites for hydroxylation is 3. The molecule has 7 rings (SSSR count). The fraction of sp³-hybridized carbons (Fsp3) is 0.509. The topological polar surface area (TPSA) is 227 Å². The molecule has 15 nitrogen and oxygen atoms in total. The van der Waals surface area contributed by atoms with Gasteiger partial charge in [0, 0.05) is 44.6 Å². The quantitative estimate of drug-likeness (QED) is 0.0596. The van der Waals surface area contributed by atoms with E-state index in [1.165, 1.54) is 4.90 Å². The highest BCUT2D eigenvalue weighted by Crippen LogP contribution is 2.39. The molecule has 0 radical (unpaired) electrons. The standard InChI is InChI=1S/C55H71N7O8S/c1-32(37-18-20-39(21-19-37)50-33(2)58-31-71-50)59-51(66)46-28-42(64)29-61(46)53(68)43(55(4,5)6)27-41(63)13-8-7-10-35-14-16-36(17-15-35)30-70-34(3)45(24-25-48(57)65)60-52(67)47-26-40-12-9-11-38-22-23-44(56)54(69)62(47)49(38)40/h9,11-12,14-21,31-32,34,42-47,64H,7-8,10,13,22-30,56H2,1-6H3,(H2,57,65)(H,59,66)(H,60,67)/t32-,34+,42+,43+,44-,45-,46-,47-/m0/s1. The third-order valence-corrected chi connectivity index (χ3v) is 15.4. The molecule has 16 heteroatoms. The van der Waals surface area contributed by atoms with Gasteiger partial charge in [-0.1, -0.05) is 87.5 Å². The van der Waals surface area contributed by atoms with E-state index in [-0.39, 0.29) is 74.3 Å². The van der Waals surface area contributed by atoms with Crippen molar-refractivity contribution in [1.82, 2.24) is 20.5 Å². The van der Waals surface area contributed by atoms with Crippen LogP contribution in [0.3, 0.4) is 0 Å². The molecular formula is C55H71N7O8S. The number of ketones is 1. The number of benzene rings is 3. The first-order valence-electron chi connectivity index (χ1n) is 25.1. The van der Waals surface area contributed by atoms with Crippen LogP contribution >= 0.6 is 11.3 Å². The molecule has 380 valence electrons. The number of amides is 5. The third-order valence-electron chi connectivity index (χ3n) is 14.5. The van der Waals surface area contributed by atoms with Crippen LogP contribution in [0.2, 0.25) is 0 Å². The molecule has 7 N–H and O–H groups in total. The Morgan fingerprint density at radius 1 is 0.915 bits per heavy atom. The van der Waals surface area contributed by atoms with E-state index in [0.29, 0.717) is 32.1 Å². The maximum absolute atomic E-state index is 14.2. The molecule has 0 spiro atoms. The number of hydrogen-bond donors (Lipinski definition) is 5. The highest BCUT2D eigenvalue weighted by Gasteiger charge is 2.46. The molecule has 0 saturated carbocycles. The predicted octanol–water partition coefficient (Wildman–Crippen LogP) is 6.18. The minimum absolute atomic E-state index is 0.0151. The van der Waals surface area contributed by atoms with Crippen molar-refractivity contribution in [3.63, 3.8) is 0 Å². The van der Waals surface area contributed by atoms with Gasteiger partial charge in [-0.3, -0.25) is 33.7 Å². The Hall–Kier alpha value is -5.81. The van der Waals surface area contributed by atoms with E-state index < -0.39 is 53.6 Å². The molecule has 1 fully saturated rings. The van der Waals surface area contributed by atoms with E-state index in [0.717, 1.165) is 62.5 Å². The molecule has 5 amide bonds. The van der Waals surface area contributed by atoms with Crippen LogP contribution in [0, 0.1) is 18.3 Å². The number of anilines is 1. The Labute approximate surface area is 421 Å². The molecule has 0 bridgehead atoms. The molecule has 0 unspecified atom stereocenters. The smallest absolute Gasteiger partial charge is 0.244 e. The van der Waals surface area contributed by atoms with Crippen LogP contribution in [0.4, 0.5) is 5.69 Å². The van der Waals surface area contributed by atoms with Crippen LogP contribution in [0.5, 0.6) is 0 Å². The van der Waals surface area contributed by atoms with Crippen LogP contribution in [0.25, 0.3) is 10.4 Å². The van der Waals surface area contributed by atoms with Crippen molar-refractivity contribution < 1.29 is 38.6 Å². The van der Waals surface area contributed by atoms with Gasteiger partial charge in [0.15, 0.2) is 0 Å². The van der Waals surface area contributed by atoms with Gasteiger partial charge in [-0.15, -0.1) is 11.3 Å². The van der Waals surface area contributed by atoms with Gasteiger partial charge in [-0.2, -0.15) is 0 Å². The first kappa shape index (κ1) is 53.0. The van der Waals surface area contributed by atoms with Gasteiger partial charge in [-0.05, 0) is 98.1 Å². The number of carbonyl (C=O) groups is 6. The van der Waals surface area contributed by atoms with Crippen LogP contribution in [0.15, 0.2) is 72.2 Å². The number of carbonyl (C=O) groups excluding carboxylic acids is 6. The number of primary amides is 1. The lowest BCUT2D eigenvalue weighted by Gasteiger charge is -2.35. The minimum atomic E-state index is -0.850.